The third-order valence-electron chi connectivity index (χ3n) is 3.11. The molecule has 0 atom stereocenters. The molecule has 2 N–H and O–H groups in total. The van der Waals surface area contributed by atoms with Crippen molar-refractivity contribution in [2.75, 3.05) is 0 Å². The molecule has 1 saturated carbocycles. The van der Waals surface area contributed by atoms with Gasteiger partial charge in [0.15, 0.2) is 17.3 Å². The topological polar surface area (TPSA) is 69.9 Å². The molecular weight excluding hydrogens is 293 g/mol. The van der Waals surface area contributed by atoms with Crippen LogP contribution < -0.4 is 0 Å². The Morgan fingerprint density at radius 3 is 2.53 bits per heavy atom. The molecule has 6 heteroatoms. The van der Waals surface area contributed by atoms with E-state index >= 15 is 0 Å². The Labute approximate surface area is 105 Å². The maximum Gasteiger partial charge on any atom is 0.235 e. The average Bonchev–Trinajstić information content (AvgIpc) is 2.26. The number of rotatable bonds is 2. The fraction of sp³-hybridized carbons (Fsp3) is 0.364. The number of aromatic hydroxyl groups is 2. The van der Waals surface area contributed by atoms with Crippen LogP contribution in [-0.2, 0) is 10.3 Å². The molecule has 90 valence electrons. The summed E-state index contributed by atoms with van der Waals surface area (Å²) in [6, 6.07) is 1.34. The molecule has 1 aromatic carbocycles. The monoisotopic (exact) mass is 301 g/mol. The normalized spacial score (nSPS) is 17.1. The minimum atomic E-state index is -0.934. The molecule has 0 saturated heterocycles. The summed E-state index contributed by atoms with van der Waals surface area (Å²) in [6.07, 6.45) is 3.44. The largest absolute Gasteiger partial charge is 0.504 e. The highest BCUT2D eigenvalue weighted by molar-refractivity contribution is 9.10. The van der Waals surface area contributed by atoms with Crippen LogP contribution >= 0.6 is 15.9 Å². The zero-order valence-electron chi connectivity index (χ0n) is 8.70. The molecule has 1 aliphatic rings. The highest BCUT2D eigenvalue weighted by atomic mass is 79.9. The van der Waals surface area contributed by atoms with E-state index in [2.05, 4.69) is 20.9 Å². The van der Waals surface area contributed by atoms with Crippen LogP contribution in [-0.4, -0.2) is 16.3 Å². The maximum atomic E-state index is 13.3. The third kappa shape index (κ3) is 1.73. The number of aliphatic imine (C=N–C) groups is 1. The molecule has 4 nitrogen and oxygen atoms in total. The molecule has 0 amide bonds. The summed E-state index contributed by atoms with van der Waals surface area (Å²) in [6.45, 7) is 0. The lowest BCUT2D eigenvalue weighted by Gasteiger charge is -2.37. The second-order valence-electron chi connectivity index (χ2n) is 4.01. The fourth-order valence-corrected chi connectivity index (χ4v) is 2.41. The molecule has 0 aliphatic heterocycles. The Bertz CT molecular complexity index is 522. The lowest BCUT2D eigenvalue weighted by Crippen LogP contribution is -2.32. The molecule has 0 spiro atoms. The fourth-order valence-electron chi connectivity index (χ4n) is 2.00. The van der Waals surface area contributed by atoms with Crippen molar-refractivity contribution in [2.45, 2.75) is 24.8 Å². The second kappa shape index (κ2) is 4.13. The van der Waals surface area contributed by atoms with E-state index < -0.39 is 22.9 Å². The van der Waals surface area contributed by atoms with Gasteiger partial charge in [0.05, 0.1) is 4.47 Å². The van der Waals surface area contributed by atoms with Gasteiger partial charge in [-0.3, -0.25) is 0 Å². The molecule has 1 fully saturated rings. The van der Waals surface area contributed by atoms with Gasteiger partial charge in [-0.2, -0.15) is 4.99 Å². The van der Waals surface area contributed by atoms with E-state index in [9.17, 15) is 19.4 Å². The number of phenolic OH excluding ortho intramolecular Hbond substituents is 2. The quantitative estimate of drug-likeness (QED) is 0.501. The van der Waals surface area contributed by atoms with Crippen molar-refractivity contribution in [1.29, 1.82) is 0 Å². The number of hydrogen-bond acceptors (Lipinski definition) is 4. The molecule has 0 heterocycles. The average molecular weight is 302 g/mol. The van der Waals surface area contributed by atoms with Crippen molar-refractivity contribution < 1.29 is 19.4 Å². The van der Waals surface area contributed by atoms with Crippen LogP contribution in [0.25, 0.3) is 0 Å². The van der Waals surface area contributed by atoms with Crippen molar-refractivity contribution in [3.8, 4) is 11.5 Å². The molecular formula is C11H9BrFNO3. The van der Waals surface area contributed by atoms with Crippen molar-refractivity contribution in [1.82, 2.24) is 0 Å². The molecule has 0 bridgehead atoms. The van der Waals surface area contributed by atoms with Crippen LogP contribution in [0, 0.1) is 5.82 Å². The summed E-state index contributed by atoms with van der Waals surface area (Å²) in [4.78, 5) is 14.1. The molecule has 1 aliphatic carbocycles. The van der Waals surface area contributed by atoms with Crippen LogP contribution in [0.1, 0.15) is 24.8 Å². The van der Waals surface area contributed by atoms with E-state index in [-0.39, 0.29) is 10.0 Å². The molecule has 17 heavy (non-hydrogen) atoms. The van der Waals surface area contributed by atoms with Crippen molar-refractivity contribution in [2.24, 2.45) is 4.99 Å². The predicted octanol–water partition coefficient (Wildman–Crippen LogP) is 2.71. The maximum absolute atomic E-state index is 13.3. The number of carbonyl (C=O) groups excluding carboxylic acids is 1. The summed E-state index contributed by atoms with van der Waals surface area (Å²) in [5.74, 6) is -2.33. The van der Waals surface area contributed by atoms with E-state index in [4.69, 9.17) is 0 Å². The minimum absolute atomic E-state index is 0.0233. The van der Waals surface area contributed by atoms with Crippen LogP contribution in [0.15, 0.2) is 15.5 Å². The second-order valence-corrected chi connectivity index (χ2v) is 4.86. The SMILES string of the molecule is O=C=NC1(c2cc(Br)c(F)c(O)c2O)CCC1. The van der Waals surface area contributed by atoms with Gasteiger partial charge in [0.2, 0.25) is 6.08 Å². The van der Waals surface area contributed by atoms with Crippen LogP contribution in [0.5, 0.6) is 11.5 Å². The van der Waals surface area contributed by atoms with Gasteiger partial charge in [-0.1, -0.05) is 0 Å². The Balaban J connectivity index is 2.63. The smallest absolute Gasteiger partial charge is 0.235 e. The summed E-state index contributed by atoms with van der Waals surface area (Å²) >= 11 is 2.94. The van der Waals surface area contributed by atoms with Crippen molar-refractivity contribution >= 4 is 22.0 Å². The zero-order valence-corrected chi connectivity index (χ0v) is 10.3. The van der Waals surface area contributed by atoms with Gasteiger partial charge in [-0.15, -0.1) is 0 Å². The van der Waals surface area contributed by atoms with Gasteiger partial charge in [0.1, 0.15) is 5.54 Å². The highest BCUT2D eigenvalue weighted by Crippen LogP contribution is 2.51. The van der Waals surface area contributed by atoms with E-state index in [1.807, 2.05) is 0 Å². The Morgan fingerprint density at radius 1 is 1.41 bits per heavy atom. The Kier molecular flexibility index (Phi) is 2.93. The first kappa shape index (κ1) is 12.1. The lowest BCUT2D eigenvalue weighted by atomic mass is 9.72. The molecule has 0 radical (unpaired) electrons. The van der Waals surface area contributed by atoms with Crippen LogP contribution in [0.4, 0.5) is 4.39 Å². The molecule has 0 unspecified atom stereocenters. The summed E-state index contributed by atoms with van der Waals surface area (Å²) in [5.41, 5.74) is -0.627. The Hall–Kier alpha value is -1.39. The first-order chi connectivity index (χ1) is 8.02. The van der Waals surface area contributed by atoms with E-state index in [1.54, 1.807) is 0 Å². The number of benzene rings is 1. The van der Waals surface area contributed by atoms with E-state index in [1.165, 1.54) is 12.1 Å². The van der Waals surface area contributed by atoms with Gasteiger partial charge < -0.3 is 10.2 Å². The highest BCUT2D eigenvalue weighted by Gasteiger charge is 2.42. The van der Waals surface area contributed by atoms with Crippen LogP contribution in [0.3, 0.4) is 0 Å². The summed E-state index contributed by atoms with van der Waals surface area (Å²) < 4.78 is 13.3. The zero-order chi connectivity index (χ0) is 12.6. The van der Waals surface area contributed by atoms with Gasteiger partial charge in [-0.25, -0.2) is 9.18 Å². The van der Waals surface area contributed by atoms with Gasteiger partial charge in [0, 0.05) is 5.56 Å². The van der Waals surface area contributed by atoms with E-state index in [0.29, 0.717) is 12.8 Å². The first-order valence-corrected chi connectivity index (χ1v) is 5.80. The number of halogens is 2. The molecule has 1 aromatic rings. The number of phenols is 2. The summed E-state index contributed by atoms with van der Waals surface area (Å²) in [5, 5.41) is 19.2. The lowest BCUT2D eigenvalue weighted by molar-refractivity contribution is 0.244. The third-order valence-corrected chi connectivity index (χ3v) is 3.69. The van der Waals surface area contributed by atoms with Gasteiger partial charge >= 0.3 is 0 Å². The van der Waals surface area contributed by atoms with Gasteiger partial charge in [0.25, 0.3) is 0 Å². The number of nitrogens with zero attached hydrogens (tertiary/aromatic N) is 1. The number of hydrogen-bond donors (Lipinski definition) is 2. The van der Waals surface area contributed by atoms with Crippen molar-refractivity contribution in [3.63, 3.8) is 0 Å². The molecule has 2 rings (SSSR count). The predicted molar refractivity (Wildman–Crippen MR) is 61.1 cm³/mol. The van der Waals surface area contributed by atoms with E-state index in [0.717, 1.165) is 6.42 Å². The van der Waals surface area contributed by atoms with Crippen molar-refractivity contribution in [3.05, 3.63) is 21.9 Å². The molecule has 0 aromatic heterocycles. The summed E-state index contributed by atoms with van der Waals surface area (Å²) in [7, 11) is 0. The van der Waals surface area contributed by atoms with Gasteiger partial charge in [-0.05, 0) is 41.3 Å². The Morgan fingerprint density at radius 2 is 2.06 bits per heavy atom. The van der Waals surface area contributed by atoms with Crippen LogP contribution in [0.2, 0.25) is 0 Å². The number of isocyanates is 1. The minimum Gasteiger partial charge on any atom is -0.504 e. The first-order valence-electron chi connectivity index (χ1n) is 5.01. The standard InChI is InChI=1S/C11H9BrFNO3/c12-7-4-6(9(16)10(17)8(7)13)11(14-5-15)2-1-3-11/h4,16-17H,1-3H2.